The molecule has 2 N–H and O–H groups in total. The van der Waals surface area contributed by atoms with Gasteiger partial charge in [0.2, 0.25) is 0 Å². The van der Waals surface area contributed by atoms with Crippen LogP contribution in [-0.4, -0.2) is 21.9 Å². The van der Waals surface area contributed by atoms with Crippen LogP contribution in [-0.2, 0) is 9.59 Å². The number of phenols is 1. The van der Waals surface area contributed by atoms with E-state index in [9.17, 15) is 19.8 Å². The number of phenolic OH excluding ortho intramolecular Hbond substituents is 1. The predicted octanol–water partition coefficient (Wildman–Crippen LogP) is 4.54. The lowest BCUT2D eigenvalue weighted by molar-refractivity contribution is -0.132. The lowest BCUT2D eigenvalue weighted by Crippen LogP contribution is -2.29. The van der Waals surface area contributed by atoms with E-state index < -0.39 is 17.7 Å². The maximum absolute atomic E-state index is 13.0. The molecule has 0 spiro atoms. The van der Waals surface area contributed by atoms with E-state index in [-0.39, 0.29) is 22.8 Å². The minimum Gasteiger partial charge on any atom is -0.507 e. The Morgan fingerprint density at radius 2 is 1.60 bits per heavy atom. The highest BCUT2D eigenvalue weighted by Gasteiger charge is 2.49. The fourth-order valence-corrected chi connectivity index (χ4v) is 3.64. The molecule has 1 aliphatic heterocycles. The first-order chi connectivity index (χ1) is 14.3. The van der Waals surface area contributed by atoms with Gasteiger partial charge in [0.25, 0.3) is 11.7 Å². The summed E-state index contributed by atoms with van der Waals surface area (Å²) < 4.78 is 5.75. The summed E-state index contributed by atoms with van der Waals surface area (Å²) in [5.41, 5.74) is 2.31. The Kier molecular flexibility index (Phi) is 4.70. The molecule has 2 aromatic carbocycles. The highest BCUT2D eigenvalue weighted by molar-refractivity contribution is 6.51. The second kappa shape index (κ2) is 7.22. The number of Topliss-reactive ketones (excluding diaryl/α,β-unsaturated/α-hetero) is 1. The van der Waals surface area contributed by atoms with Crippen LogP contribution in [0.15, 0.2) is 64.6 Å². The first-order valence-electron chi connectivity index (χ1n) is 9.52. The van der Waals surface area contributed by atoms with Crippen molar-refractivity contribution in [1.29, 1.82) is 0 Å². The summed E-state index contributed by atoms with van der Waals surface area (Å²) in [5.74, 6) is -1.20. The number of nitrogens with zero attached hydrogens (tertiary/aromatic N) is 1. The van der Waals surface area contributed by atoms with Gasteiger partial charge in [-0.3, -0.25) is 14.5 Å². The van der Waals surface area contributed by atoms with Crippen LogP contribution in [0.25, 0.3) is 5.76 Å². The van der Waals surface area contributed by atoms with E-state index in [0.29, 0.717) is 17.1 Å². The predicted molar refractivity (Wildman–Crippen MR) is 112 cm³/mol. The minimum atomic E-state index is -1.01. The van der Waals surface area contributed by atoms with Crippen molar-refractivity contribution >= 4 is 23.1 Å². The number of carbonyl (C=O) groups is 2. The molecule has 152 valence electrons. The Morgan fingerprint density at radius 1 is 0.933 bits per heavy atom. The summed E-state index contributed by atoms with van der Waals surface area (Å²) >= 11 is 0. The highest BCUT2D eigenvalue weighted by atomic mass is 16.3. The molecule has 0 radical (unpaired) electrons. The van der Waals surface area contributed by atoms with Gasteiger partial charge in [0.15, 0.2) is 0 Å². The van der Waals surface area contributed by atoms with Gasteiger partial charge in [-0.1, -0.05) is 35.9 Å². The monoisotopic (exact) mass is 403 g/mol. The average molecular weight is 403 g/mol. The number of aryl methyl sites for hydroxylation is 3. The topological polar surface area (TPSA) is 91.0 Å². The molecule has 30 heavy (non-hydrogen) atoms. The van der Waals surface area contributed by atoms with Crippen LogP contribution in [0, 0.1) is 20.8 Å². The Morgan fingerprint density at radius 3 is 2.23 bits per heavy atom. The summed E-state index contributed by atoms with van der Waals surface area (Å²) in [7, 11) is 0. The van der Waals surface area contributed by atoms with Crippen LogP contribution in [0.1, 0.15) is 34.3 Å². The lowest BCUT2D eigenvalue weighted by Gasteiger charge is -2.24. The molecule has 0 bridgehead atoms. The van der Waals surface area contributed by atoms with Gasteiger partial charge in [0.1, 0.15) is 29.1 Å². The largest absolute Gasteiger partial charge is 0.507 e. The molecule has 4 rings (SSSR count). The standard InChI is InChI=1S/C24H21NO5/c1-13-4-8-16(9-5-13)22(27)20-21(19-11-7-15(3)30-19)25(24(29)23(20)28)17-12-14(2)6-10-18(17)26/h4-12,21,26-27H,1-3H3/b22-20-. The maximum Gasteiger partial charge on any atom is 0.300 e. The van der Waals surface area contributed by atoms with Crippen molar-refractivity contribution in [2.24, 2.45) is 0 Å². The lowest BCUT2D eigenvalue weighted by atomic mass is 9.98. The van der Waals surface area contributed by atoms with E-state index in [4.69, 9.17) is 4.42 Å². The number of amides is 1. The van der Waals surface area contributed by atoms with Crippen LogP contribution in [0.2, 0.25) is 0 Å². The number of aromatic hydroxyl groups is 1. The molecular formula is C24H21NO5. The number of benzene rings is 2. The van der Waals surface area contributed by atoms with Crippen molar-refractivity contribution in [3.05, 3.63) is 88.4 Å². The summed E-state index contributed by atoms with van der Waals surface area (Å²) in [6.07, 6.45) is 0. The fourth-order valence-electron chi connectivity index (χ4n) is 3.64. The van der Waals surface area contributed by atoms with Crippen LogP contribution < -0.4 is 4.90 Å². The van der Waals surface area contributed by atoms with E-state index in [2.05, 4.69) is 0 Å². The molecule has 1 amide bonds. The maximum atomic E-state index is 13.0. The van der Waals surface area contributed by atoms with Gasteiger partial charge in [-0.25, -0.2) is 0 Å². The molecule has 0 saturated carbocycles. The molecule has 1 unspecified atom stereocenters. The Balaban J connectivity index is 1.97. The van der Waals surface area contributed by atoms with E-state index >= 15 is 0 Å². The average Bonchev–Trinajstić information content (AvgIpc) is 3.25. The van der Waals surface area contributed by atoms with Gasteiger partial charge in [-0.2, -0.15) is 0 Å². The number of hydrogen-bond acceptors (Lipinski definition) is 5. The zero-order valence-electron chi connectivity index (χ0n) is 16.8. The van der Waals surface area contributed by atoms with E-state index in [1.165, 1.54) is 11.0 Å². The van der Waals surface area contributed by atoms with Crippen molar-refractivity contribution in [1.82, 2.24) is 0 Å². The number of furan rings is 1. The molecule has 3 aromatic rings. The second-order valence-corrected chi connectivity index (χ2v) is 7.48. The summed E-state index contributed by atoms with van der Waals surface area (Å²) in [6, 6.07) is 14.2. The first kappa shape index (κ1) is 19.5. The number of aliphatic hydroxyl groups excluding tert-OH is 1. The van der Waals surface area contributed by atoms with E-state index in [1.54, 1.807) is 43.3 Å². The highest BCUT2D eigenvalue weighted by Crippen LogP contribution is 2.45. The van der Waals surface area contributed by atoms with Crippen molar-refractivity contribution in [3.8, 4) is 5.75 Å². The van der Waals surface area contributed by atoms with Gasteiger partial charge in [0, 0.05) is 5.56 Å². The number of ketones is 1. The van der Waals surface area contributed by atoms with Crippen LogP contribution in [0.5, 0.6) is 5.75 Å². The number of aliphatic hydroxyl groups is 1. The van der Waals surface area contributed by atoms with Gasteiger partial charge in [-0.15, -0.1) is 0 Å². The molecule has 1 fully saturated rings. The Hall–Kier alpha value is -3.80. The van der Waals surface area contributed by atoms with Crippen LogP contribution in [0.4, 0.5) is 5.69 Å². The SMILES string of the molecule is Cc1ccc(/C(O)=C2/C(=O)C(=O)N(c3cc(C)ccc3O)C2c2ccc(C)o2)cc1. The quantitative estimate of drug-likeness (QED) is 0.381. The number of carbonyl (C=O) groups excluding carboxylic acids is 2. The zero-order chi connectivity index (χ0) is 21.6. The second-order valence-electron chi connectivity index (χ2n) is 7.48. The third kappa shape index (κ3) is 3.16. The minimum absolute atomic E-state index is 0.0842. The molecule has 2 heterocycles. The molecule has 6 nitrogen and oxygen atoms in total. The summed E-state index contributed by atoms with van der Waals surface area (Å²) in [6.45, 7) is 5.48. The molecule has 6 heteroatoms. The van der Waals surface area contributed by atoms with Gasteiger partial charge in [0.05, 0.1) is 11.3 Å². The summed E-state index contributed by atoms with van der Waals surface area (Å²) in [4.78, 5) is 27.2. The molecule has 0 aliphatic carbocycles. The van der Waals surface area contributed by atoms with Crippen LogP contribution >= 0.6 is 0 Å². The van der Waals surface area contributed by atoms with E-state index in [1.807, 2.05) is 26.0 Å². The summed E-state index contributed by atoms with van der Waals surface area (Å²) in [5, 5.41) is 21.4. The van der Waals surface area contributed by atoms with Crippen molar-refractivity contribution in [2.45, 2.75) is 26.8 Å². The van der Waals surface area contributed by atoms with Crippen molar-refractivity contribution in [2.75, 3.05) is 4.90 Å². The van der Waals surface area contributed by atoms with Crippen molar-refractivity contribution < 1.29 is 24.2 Å². The molecule has 1 saturated heterocycles. The van der Waals surface area contributed by atoms with Crippen molar-refractivity contribution in [3.63, 3.8) is 0 Å². The van der Waals surface area contributed by atoms with E-state index in [0.717, 1.165) is 11.1 Å². The van der Waals surface area contributed by atoms with Gasteiger partial charge < -0.3 is 14.6 Å². The Labute approximate surface area is 173 Å². The third-order valence-corrected chi connectivity index (χ3v) is 5.19. The third-order valence-electron chi connectivity index (χ3n) is 5.19. The smallest absolute Gasteiger partial charge is 0.300 e. The van der Waals surface area contributed by atoms with Gasteiger partial charge >= 0.3 is 0 Å². The normalized spacial score (nSPS) is 18.2. The number of anilines is 1. The first-order valence-corrected chi connectivity index (χ1v) is 9.52. The Bertz CT molecular complexity index is 1190. The fraction of sp³-hybridized carbons (Fsp3) is 0.167. The van der Waals surface area contributed by atoms with Crippen LogP contribution in [0.3, 0.4) is 0 Å². The zero-order valence-corrected chi connectivity index (χ0v) is 16.8. The number of rotatable bonds is 3. The molecule has 1 aliphatic rings. The molecule has 1 aromatic heterocycles. The number of hydrogen-bond donors (Lipinski definition) is 2. The molecular weight excluding hydrogens is 382 g/mol. The molecule has 1 atom stereocenters. The van der Waals surface area contributed by atoms with Gasteiger partial charge in [-0.05, 0) is 50.6 Å².